The summed E-state index contributed by atoms with van der Waals surface area (Å²) in [6.45, 7) is 1.48. The van der Waals surface area contributed by atoms with E-state index in [1.807, 2.05) is 24.3 Å². The molecular formula is C20H21Cl2N3O2. The molecule has 0 radical (unpaired) electrons. The molecule has 2 aromatic carbocycles. The van der Waals surface area contributed by atoms with E-state index in [0.717, 1.165) is 30.5 Å². The van der Waals surface area contributed by atoms with Gasteiger partial charge in [-0.05, 0) is 54.8 Å². The van der Waals surface area contributed by atoms with Crippen LogP contribution in [0.15, 0.2) is 42.5 Å². The van der Waals surface area contributed by atoms with Gasteiger partial charge in [0.2, 0.25) is 11.8 Å². The molecule has 1 unspecified atom stereocenters. The van der Waals surface area contributed by atoms with Crippen LogP contribution >= 0.6 is 23.2 Å². The number of amides is 2. The molecule has 3 N–H and O–H groups in total. The second-order valence-corrected chi connectivity index (χ2v) is 7.52. The largest absolute Gasteiger partial charge is 0.368 e. The van der Waals surface area contributed by atoms with Crippen molar-refractivity contribution in [3.8, 4) is 0 Å². The van der Waals surface area contributed by atoms with Crippen LogP contribution in [0, 0.1) is 0 Å². The number of nitrogens with one attached hydrogen (secondary N) is 1. The number of nitrogens with two attached hydrogens (primary N) is 1. The zero-order chi connectivity index (χ0) is 19.4. The highest BCUT2D eigenvalue weighted by Gasteiger charge is 2.28. The van der Waals surface area contributed by atoms with E-state index < -0.39 is 0 Å². The third-order valence-electron chi connectivity index (χ3n) is 4.64. The maximum atomic E-state index is 12.3. The number of primary amides is 1. The maximum absolute atomic E-state index is 12.3. The lowest BCUT2D eigenvalue weighted by atomic mass is 10.1. The summed E-state index contributed by atoms with van der Waals surface area (Å²) < 4.78 is 0. The number of anilines is 1. The van der Waals surface area contributed by atoms with Gasteiger partial charge in [-0.2, -0.15) is 0 Å². The van der Waals surface area contributed by atoms with E-state index in [2.05, 4.69) is 10.2 Å². The van der Waals surface area contributed by atoms with Crippen LogP contribution in [0.1, 0.15) is 24.0 Å². The first kappa shape index (κ1) is 19.7. The van der Waals surface area contributed by atoms with Crippen molar-refractivity contribution in [2.24, 2.45) is 5.73 Å². The number of carbonyl (C=O) groups excluding carboxylic acids is 2. The molecule has 27 heavy (non-hydrogen) atoms. The summed E-state index contributed by atoms with van der Waals surface area (Å²) in [7, 11) is 0. The van der Waals surface area contributed by atoms with Crippen molar-refractivity contribution < 1.29 is 9.59 Å². The normalized spacial score (nSPS) is 17.0. The van der Waals surface area contributed by atoms with E-state index in [1.54, 1.807) is 18.2 Å². The molecule has 7 heteroatoms. The third-order valence-corrected chi connectivity index (χ3v) is 5.38. The second-order valence-electron chi connectivity index (χ2n) is 6.70. The van der Waals surface area contributed by atoms with Crippen LogP contribution in [-0.4, -0.2) is 29.3 Å². The summed E-state index contributed by atoms with van der Waals surface area (Å²) in [5, 5.41) is 3.79. The van der Waals surface area contributed by atoms with Crippen LogP contribution in [0.3, 0.4) is 0 Å². The first-order valence-corrected chi connectivity index (χ1v) is 9.54. The molecule has 1 heterocycles. The van der Waals surface area contributed by atoms with Crippen molar-refractivity contribution in [3.05, 3.63) is 63.6 Å². The van der Waals surface area contributed by atoms with E-state index >= 15 is 0 Å². The fourth-order valence-electron chi connectivity index (χ4n) is 3.36. The van der Waals surface area contributed by atoms with Gasteiger partial charge >= 0.3 is 0 Å². The SMILES string of the molecule is NC(=O)C1CCCN1Cc1cccc(NC(=O)Cc2ccc(Cl)c(Cl)c2)c1. The summed E-state index contributed by atoms with van der Waals surface area (Å²) in [5.74, 6) is -0.416. The predicted molar refractivity (Wildman–Crippen MR) is 108 cm³/mol. The average Bonchev–Trinajstić information content (AvgIpc) is 3.07. The summed E-state index contributed by atoms with van der Waals surface area (Å²) in [4.78, 5) is 25.9. The van der Waals surface area contributed by atoms with E-state index in [1.165, 1.54) is 0 Å². The maximum Gasteiger partial charge on any atom is 0.234 e. The lowest BCUT2D eigenvalue weighted by Crippen LogP contribution is -2.39. The molecule has 1 aliphatic heterocycles. The Kier molecular flexibility index (Phi) is 6.37. The predicted octanol–water partition coefficient (Wildman–Crippen LogP) is 3.62. The van der Waals surface area contributed by atoms with Crippen molar-refractivity contribution >= 4 is 40.7 Å². The van der Waals surface area contributed by atoms with Gasteiger partial charge in [-0.1, -0.05) is 41.4 Å². The molecule has 3 rings (SSSR count). The van der Waals surface area contributed by atoms with Crippen molar-refractivity contribution in [2.75, 3.05) is 11.9 Å². The molecule has 1 saturated heterocycles. The summed E-state index contributed by atoms with van der Waals surface area (Å²) in [6.07, 6.45) is 1.97. The molecular weight excluding hydrogens is 385 g/mol. The minimum absolute atomic E-state index is 0.137. The summed E-state index contributed by atoms with van der Waals surface area (Å²) in [6, 6.07) is 12.6. The fraction of sp³-hybridized carbons (Fsp3) is 0.300. The molecule has 2 amide bonds. The van der Waals surface area contributed by atoms with E-state index in [4.69, 9.17) is 28.9 Å². The van der Waals surface area contributed by atoms with Gasteiger partial charge in [0.1, 0.15) is 0 Å². The zero-order valence-corrected chi connectivity index (χ0v) is 16.3. The van der Waals surface area contributed by atoms with Gasteiger partial charge in [-0.15, -0.1) is 0 Å². The van der Waals surface area contributed by atoms with Crippen molar-refractivity contribution in [3.63, 3.8) is 0 Å². The van der Waals surface area contributed by atoms with Crippen molar-refractivity contribution in [1.82, 2.24) is 4.90 Å². The average molecular weight is 406 g/mol. The minimum Gasteiger partial charge on any atom is -0.368 e. The van der Waals surface area contributed by atoms with Crippen molar-refractivity contribution in [1.29, 1.82) is 0 Å². The topological polar surface area (TPSA) is 75.4 Å². The molecule has 0 aliphatic carbocycles. The van der Waals surface area contributed by atoms with Gasteiger partial charge in [0.15, 0.2) is 0 Å². The van der Waals surface area contributed by atoms with Crippen molar-refractivity contribution in [2.45, 2.75) is 31.8 Å². The van der Waals surface area contributed by atoms with E-state index in [9.17, 15) is 9.59 Å². The smallest absolute Gasteiger partial charge is 0.234 e. The van der Waals surface area contributed by atoms with Gasteiger partial charge in [-0.25, -0.2) is 0 Å². The van der Waals surface area contributed by atoms with Crippen LogP contribution in [0.5, 0.6) is 0 Å². The highest BCUT2D eigenvalue weighted by Crippen LogP contribution is 2.23. The summed E-state index contributed by atoms with van der Waals surface area (Å²) in [5.41, 5.74) is 8.01. The van der Waals surface area contributed by atoms with Crippen LogP contribution in [-0.2, 0) is 22.6 Å². The number of carbonyl (C=O) groups is 2. The Morgan fingerprint density at radius 1 is 1.11 bits per heavy atom. The molecule has 2 aromatic rings. The van der Waals surface area contributed by atoms with Crippen LogP contribution in [0.2, 0.25) is 10.0 Å². The number of benzene rings is 2. The quantitative estimate of drug-likeness (QED) is 0.770. The highest BCUT2D eigenvalue weighted by atomic mass is 35.5. The Bertz CT molecular complexity index is 857. The van der Waals surface area contributed by atoms with Gasteiger partial charge < -0.3 is 11.1 Å². The lowest BCUT2D eigenvalue weighted by Gasteiger charge is -2.22. The highest BCUT2D eigenvalue weighted by molar-refractivity contribution is 6.42. The van der Waals surface area contributed by atoms with Crippen LogP contribution in [0.4, 0.5) is 5.69 Å². The Balaban J connectivity index is 1.62. The third kappa shape index (κ3) is 5.22. The van der Waals surface area contributed by atoms with E-state index in [0.29, 0.717) is 22.3 Å². The molecule has 5 nitrogen and oxygen atoms in total. The number of halogens is 2. The number of rotatable bonds is 6. The van der Waals surface area contributed by atoms with Crippen LogP contribution in [0.25, 0.3) is 0 Å². The Hall–Kier alpha value is -2.08. The van der Waals surface area contributed by atoms with E-state index in [-0.39, 0.29) is 24.3 Å². The van der Waals surface area contributed by atoms with Gasteiger partial charge in [0.25, 0.3) is 0 Å². The molecule has 1 atom stereocenters. The summed E-state index contributed by atoms with van der Waals surface area (Å²) >= 11 is 11.9. The zero-order valence-electron chi connectivity index (χ0n) is 14.8. The molecule has 1 fully saturated rings. The Morgan fingerprint density at radius 3 is 2.67 bits per heavy atom. The van der Waals surface area contributed by atoms with Crippen LogP contribution < -0.4 is 11.1 Å². The molecule has 0 saturated carbocycles. The Labute approximate surface area is 168 Å². The molecule has 0 bridgehead atoms. The Morgan fingerprint density at radius 2 is 1.93 bits per heavy atom. The molecule has 142 valence electrons. The van der Waals surface area contributed by atoms with Gasteiger partial charge in [0, 0.05) is 12.2 Å². The first-order chi connectivity index (χ1) is 12.9. The number of hydrogen-bond acceptors (Lipinski definition) is 3. The molecule has 0 aromatic heterocycles. The number of likely N-dealkylation sites (tertiary alicyclic amines) is 1. The fourth-order valence-corrected chi connectivity index (χ4v) is 3.68. The minimum atomic E-state index is -0.279. The molecule has 0 spiro atoms. The second kappa shape index (κ2) is 8.74. The molecule has 1 aliphatic rings. The monoisotopic (exact) mass is 405 g/mol. The number of nitrogens with zero attached hydrogens (tertiary/aromatic N) is 1. The van der Waals surface area contributed by atoms with Gasteiger partial charge in [0.05, 0.1) is 22.5 Å². The number of hydrogen-bond donors (Lipinski definition) is 2. The van der Waals surface area contributed by atoms with Gasteiger partial charge in [-0.3, -0.25) is 14.5 Å². The standard InChI is InChI=1S/C20H21Cl2N3O2/c21-16-7-6-13(10-17(16)22)11-19(26)24-15-4-1-3-14(9-15)12-25-8-2-5-18(25)20(23)27/h1,3-4,6-7,9-10,18H,2,5,8,11-12H2,(H2,23,27)(H,24,26). The lowest BCUT2D eigenvalue weighted by molar-refractivity contribution is -0.122. The first-order valence-electron chi connectivity index (χ1n) is 8.78.